The van der Waals surface area contributed by atoms with Gasteiger partial charge in [-0.25, -0.2) is 0 Å². The molecule has 2 fully saturated rings. The van der Waals surface area contributed by atoms with E-state index in [9.17, 15) is 4.79 Å². The molecule has 2 N–H and O–H groups in total. The van der Waals surface area contributed by atoms with Crippen molar-refractivity contribution in [3.05, 3.63) is 89.2 Å². The molecule has 1 aliphatic heterocycles. The quantitative estimate of drug-likeness (QED) is 0.383. The van der Waals surface area contributed by atoms with Gasteiger partial charge in [-0.05, 0) is 79.6 Å². The smallest absolute Gasteiger partial charge is 0.229 e. The SMILES string of the molecule is O=C(Cc1ccc2ncccc2c1)Nc1cc(C2CC(c3ccccc3CN3CCCC3)C2)[nH]n1. The van der Waals surface area contributed by atoms with Gasteiger partial charge in [-0.2, -0.15) is 5.10 Å². The number of anilines is 1. The van der Waals surface area contributed by atoms with E-state index in [-0.39, 0.29) is 5.91 Å². The average Bonchev–Trinajstić information content (AvgIpc) is 3.51. The number of carbonyl (C=O) groups excluding carboxylic acids is 1. The Bertz CT molecular complexity index is 1330. The molecule has 1 saturated heterocycles. The Labute approximate surface area is 205 Å². The molecule has 0 radical (unpaired) electrons. The maximum atomic E-state index is 12.6. The Hall–Kier alpha value is -3.51. The molecule has 178 valence electrons. The van der Waals surface area contributed by atoms with Crippen molar-refractivity contribution in [3.63, 3.8) is 0 Å². The fourth-order valence-electron chi connectivity index (χ4n) is 5.60. The number of carbonyl (C=O) groups is 1. The van der Waals surface area contributed by atoms with Crippen LogP contribution in [0.5, 0.6) is 0 Å². The summed E-state index contributed by atoms with van der Waals surface area (Å²) < 4.78 is 0. The fraction of sp³-hybridized carbons (Fsp3) is 0.345. The zero-order valence-electron chi connectivity index (χ0n) is 19.9. The third-order valence-electron chi connectivity index (χ3n) is 7.56. The summed E-state index contributed by atoms with van der Waals surface area (Å²) in [7, 11) is 0. The first-order valence-corrected chi connectivity index (χ1v) is 12.7. The van der Waals surface area contributed by atoms with Gasteiger partial charge in [-0.3, -0.25) is 19.8 Å². The summed E-state index contributed by atoms with van der Waals surface area (Å²) in [5, 5.41) is 11.5. The van der Waals surface area contributed by atoms with Crippen LogP contribution in [0.4, 0.5) is 5.82 Å². The highest BCUT2D eigenvalue weighted by atomic mass is 16.1. The fourth-order valence-corrected chi connectivity index (χ4v) is 5.60. The largest absolute Gasteiger partial charge is 0.309 e. The number of aromatic amines is 1. The lowest BCUT2D eigenvalue weighted by Crippen LogP contribution is -2.24. The molecule has 4 aromatic rings. The van der Waals surface area contributed by atoms with Crippen LogP contribution in [0.2, 0.25) is 0 Å². The molecule has 6 heteroatoms. The Balaban J connectivity index is 1.05. The normalized spacial score (nSPS) is 20.1. The zero-order valence-corrected chi connectivity index (χ0v) is 19.9. The molecule has 1 saturated carbocycles. The van der Waals surface area contributed by atoms with Gasteiger partial charge in [0.2, 0.25) is 5.91 Å². The van der Waals surface area contributed by atoms with Gasteiger partial charge in [0.1, 0.15) is 0 Å². The Kier molecular flexibility index (Phi) is 6.05. The molecule has 0 spiro atoms. The van der Waals surface area contributed by atoms with E-state index in [1.165, 1.54) is 37.1 Å². The van der Waals surface area contributed by atoms with Crippen molar-refractivity contribution >= 4 is 22.6 Å². The molecular formula is C29H31N5O. The summed E-state index contributed by atoms with van der Waals surface area (Å²) >= 11 is 0. The predicted octanol–water partition coefficient (Wildman–Crippen LogP) is 5.40. The molecule has 6 rings (SSSR count). The number of fused-ring (bicyclic) bond motifs is 1. The van der Waals surface area contributed by atoms with Crippen molar-refractivity contribution in [3.8, 4) is 0 Å². The van der Waals surface area contributed by atoms with Crippen molar-refractivity contribution in [1.29, 1.82) is 0 Å². The second-order valence-electron chi connectivity index (χ2n) is 10.0. The molecule has 2 aliphatic rings. The topological polar surface area (TPSA) is 73.9 Å². The average molecular weight is 466 g/mol. The van der Waals surface area contributed by atoms with Crippen LogP contribution in [-0.4, -0.2) is 39.1 Å². The van der Waals surface area contributed by atoms with Crippen LogP contribution in [0.1, 0.15) is 59.9 Å². The van der Waals surface area contributed by atoms with Crippen molar-refractivity contribution < 1.29 is 4.79 Å². The minimum Gasteiger partial charge on any atom is -0.309 e. The van der Waals surface area contributed by atoms with E-state index in [1.807, 2.05) is 36.4 Å². The van der Waals surface area contributed by atoms with Gasteiger partial charge in [0.15, 0.2) is 5.82 Å². The first-order valence-electron chi connectivity index (χ1n) is 12.7. The maximum absolute atomic E-state index is 12.6. The number of rotatable bonds is 7. The highest BCUT2D eigenvalue weighted by molar-refractivity contribution is 5.92. The number of amides is 1. The van der Waals surface area contributed by atoms with E-state index in [4.69, 9.17) is 0 Å². The van der Waals surface area contributed by atoms with Crippen molar-refractivity contribution in [2.45, 2.75) is 50.5 Å². The van der Waals surface area contributed by atoms with Crippen LogP contribution in [0.15, 0.2) is 66.9 Å². The lowest BCUT2D eigenvalue weighted by atomic mass is 9.69. The van der Waals surface area contributed by atoms with Gasteiger partial charge in [0, 0.05) is 35.8 Å². The van der Waals surface area contributed by atoms with E-state index in [0.717, 1.165) is 41.5 Å². The number of nitrogens with zero attached hydrogens (tertiary/aromatic N) is 3. The van der Waals surface area contributed by atoms with E-state index in [1.54, 1.807) is 6.20 Å². The van der Waals surface area contributed by atoms with Gasteiger partial charge in [-0.15, -0.1) is 0 Å². The lowest BCUT2D eigenvalue weighted by molar-refractivity contribution is -0.115. The lowest BCUT2D eigenvalue weighted by Gasteiger charge is -2.36. The minimum atomic E-state index is -0.0615. The standard InChI is InChI=1S/C29H31N5O/c35-29(15-20-9-10-26-21(14-20)7-5-11-30-26)31-28-18-27(32-33-28)24-16-23(17-24)25-8-2-1-6-22(25)19-34-12-3-4-13-34/h1-2,5-11,14,18,23-24H,3-4,12-13,15-17,19H2,(H2,31,32,33,35). The second kappa shape index (κ2) is 9.62. The molecule has 0 bridgehead atoms. The molecule has 3 heterocycles. The third kappa shape index (κ3) is 4.84. The summed E-state index contributed by atoms with van der Waals surface area (Å²) in [6.45, 7) is 3.52. The van der Waals surface area contributed by atoms with Gasteiger partial charge in [0.25, 0.3) is 0 Å². The van der Waals surface area contributed by atoms with Gasteiger partial charge in [0.05, 0.1) is 11.9 Å². The summed E-state index contributed by atoms with van der Waals surface area (Å²) in [6, 6.07) is 20.8. The molecule has 0 atom stereocenters. The van der Waals surface area contributed by atoms with Crippen LogP contribution in [0.25, 0.3) is 10.9 Å². The molecule has 1 aliphatic carbocycles. The Morgan fingerprint density at radius 2 is 1.86 bits per heavy atom. The maximum Gasteiger partial charge on any atom is 0.229 e. The monoisotopic (exact) mass is 465 g/mol. The number of H-pyrrole nitrogens is 1. The Morgan fingerprint density at radius 3 is 2.74 bits per heavy atom. The molecule has 2 aromatic carbocycles. The summed E-state index contributed by atoms with van der Waals surface area (Å²) in [4.78, 5) is 19.5. The van der Waals surface area contributed by atoms with E-state index < -0.39 is 0 Å². The van der Waals surface area contributed by atoms with Crippen molar-refractivity contribution in [2.24, 2.45) is 0 Å². The van der Waals surface area contributed by atoms with Gasteiger partial charge >= 0.3 is 0 Å². The summed E-state index contributed by atoms with van der Waals surface area (Å²) in [5.74, 6) is 1.60. The molecule has 1 amide bonds. The minimum absolute atomic E-state index is 0.0615. The zero-order chi connectivity index (χ0) is 23.6. The van der Waals surface area contributed by atoms with Crippen LogP contribution >= 0.6 is 0 Å². The highest BCUT2D eigenvalue weighted by Gasteiger charge is 2.34. The van der Waals surface area contributed by atoms with Crippen LogP contribution in [0.3, 0.4) is 0 Å². The molecule has 2 aromatic heterocycles. The first-order chi connectivity index (χ1) is 17.2. The highest BCUT2D eigenvalue weighted by Crippen LogP contribution is 2.48. The van der Waals surface area contributed by atoms with Crippen LogP contribution in [0, 0.1) is 0 Å². The number of nitrogens with one attached hydrogen (secondary N) is 2. The molecular weight excluding hydrogens is 434 g/mol. The number of pyridine rings is 1. The first kappa shape index (κ1) is 22.0. The predicted molar refractivity (Wildman–Crippen MR) is 138 cm³/mol. The second-order valence-corrected chi connectivity index (χ2v) is 10.0. The number of aromatic nitrogens is 3. The van der Waals surface area contributed by atoms with Gasteiger partial charge in [-0.1, -0.05) is 36.4 Å². The Morgan fingerprint density at radius 1 is 1.00 bits per heavy atom. The van der Waals surface area contributed by atoms with Crippen LogP contribution in [-0.2, 0) is 17.8 Å². The number of likely N-dealkylation sites (tertiary alicyclic amines) is 1. The molecule has 35 heavy (non-hydrogen) atoms. The van der Waals surface area contributed by atoms with Gasteiger partial charge < -0.3 is 5.32 Å². The number of hydrogen-bond donors (Lipinski definition) is 2. The van der Waals surface area contributed by atoms with E-state index in [0.29, 0.717) is 24.1 Å². The molecule has 6 nitrogen and oxygen atoms in total. The van der Waals surface area contributed by atoms with Crippen LogP contribution < -0.4 is 5.32 Å². The number of hydrogen-bond acceptors (Lipinski definition) is 4. The summed E-state index contributed by atoms with van der Waals surface area (Å²) in [6.07, 6.45) is 6.99. The summed E-state index contributed by atoms with van der Waals surface area (Å²) in [5.41, 5.74) is 6.01. The van der Waals surface area contributed by atoms with Crippen molar-refractivity contribution in [1.82, 2.24) is 20.1 Å². The third-order valence-corrected chi connectivity index (χ3v) is 7.56. The van der Waals surface area contributed by atoms with E-state index >= 15 is 0 Å². The van der Waals surface area contributed by atoms with Crippen molar-refractivity contribution in [2.75, 3.05) is 18.4 Å². The number of benzene rings is 2. The molecule has 0 unspecified atom stereocenters. The van der Waals surface area contributed by atoms with E-state index in [2.05, 4.69) is 49.7 Å².